The van der Waals surface area contributed by atoms with E-state index in [-0.39, 0.29) is 18.9 Å². The molecular formula is C21H39N7O5S2. The molecule has 1 heterocycles. The number of likely N-dealkylation sites (tertiary alicyclic amines) is 1. The fraction of sp³-hybridized carbons (Fsp3) is 0.762. The van der Waals surface area contributed by atoms with Crippen molar-refractivity contribution in [2.45, 2.75) is 62.7 Å². The minimum Gasteiger partial charge on any atom is -0.480 e. The van der Waals surface area contributed by atoms with E-state index in [9.17, 15) is 24.3 Å². The molecule has 1 aliphatic rings. The minimum absolute atomic E-state index is 0.0833. The number of amides is 3. The highest BCUT2D eigenvalue weighted by Crippen LogP contribution is 2.20. The summed E-state index contributed by atoms with van der Waals surface area (Å²) in [6.45, 7) is 0.550. The Morgan fingerprint density at radius 3 is 2.26 bits per heavy atom. The van der Waals surface area contributed by atoms with Crippen molar-refractivity contribution in [1.29, 1.82) is 0 Å². The molecule has 0 bridgehead atoms. The van der Waals surface area contributed by atoms with E-state index in [1.54, 1.807) is 11.8 Å². The van der Waals surface area contributed by atoms with E-state index in [4.69, 9.17) is 17.2 Å². The Labute approximate surface area is 214 Å². The van der Waals surface area contributed by atoms with Gasteiger partial charge in [-0.1, -0.05) is 0 Å². The molecule has 12 nitrogen and oxygen atoms in total. The van der Waals surface area contributed by atoms with Crippen molar-refractivity contribution in [1.82, 2.24) is 15.5 Å². The third-order valence-electron chi connectivity index (χ3n) is 5.59. The van der Waals surface area contributed by atoms with Crippen LogP contribution in [0.3, 0.4) is 0 Å². The number of nitrogens with two attached hydrogens (primary N) is 3. The van der Waals surface area contributed by atoms with Gasteiger partial charge >= 0.3 is 5.97 Å². The van der Waals surface area contributed by atoms with Gasteiger partial charge < -0.3 is 37.8 Å². The van der Waals surface area contributed by atoms with Gasteiger partial charge in [-0.25, -0.2) is 4.79 Å². The second-order valence-electron chi connectivity index (χ2n) is 8.27. The number of carbonyl (C=O) groups excluding carboxylic acids is 3. The molecule has 35 heavy (non-hydrogen) atoms. The van der Waals surface area contributed by atoms with Crippen LogP contribution in [0.25, 0.3) is 0 Å². The van der Waals surface area contributed by atoms with Crippen LogP contribution in [0, 0.1) is 0 Å². The summed E-state index contributed by atoms with van der Waals surface area (Å²) in [6, 6.07) is -3.53. The average Bonchev–Trinajstić information content (AvgIpc) is 3.31. The molecule has 0 radical (unpaired) electrons. The molecule has 4 unspecified atom stereocenters. The van der Waals surface area contributed by atoms with Gasteiger partial charge in [-0.2, -0.15) is 23.5 Å². The van der Waals surface area contributed by atoms with E-state index in [2.05, 4.69) is 15.6 Å². The predicted molar refractivity (Wildman–Crippen MR) is 140 cm³/mol. The summed E-state index contributed by atoms with van der Waals surface area (Å²) < 4.78 is 0. The maximum Gasteiger partial charge on any atom is 0.326 e. The summed E-state index contributed by atoms with van der Waals surface area (Å²) in [5, 5.41) is 14.9. The number of aliphatic carboxylic acids is 1. The van der Waals surface area contributed by atoms with Crippen molar-refractivity contribution >= 4 is 53.2 Å². The van der Waals surface area contributed by atoms with Crippen LogP contribution in [-0.2, 0) is 19.2 Å². The van der Waals surface area contributed by atoms with Crippen LogP contribution in [0.2, 0.25) is 0 Å². The van der Waals surface area contributed by atoms with E-state index >= 15 is 0 Å². The number of hydrogen-bond acceptors (Lipinski definition) is 8. The number of carbonyl (C=O) groups is 4. The molecule has 3 amide bonds. The minimum atomic E-state index is -1.08. The lowest BCUT2D eigenvalue weighted by molar-refractivity contribution is -0.149. The van der Waals surface area contributed by atoms with Gasteiger partial charge in [0.05, 0.1) is 6.04 Å². The van der Waals surface area contributed by atoms with Gasteiger partial charge in [0.15, 0.2) is 5.96 Å². The van der Waals surface area contributed by atoms with Crippen molar-refractivity contribution in [2.24, 2.45) is 22.2 Å². The van der Waals surface area contributed by atoms with Crippen LogP contribution in [0.5, 0.6) is 0 Å². The Morgan fingerprint density at radius 2 is 1.66 bits per heavy atom. The molecule has 1 rings (SSSR count). The van der Waals surface area contributed by atoms with Crippen LogP contribution >= 0.6 is 23.5 Å². The molecule has 0 aliphatic carbocycles. The number of thioether (sulfide) groups is 2. The third-order valence-corrected chi connectivity index (χ3v) is 6.88. The Balaban J connectivity index is 2.98. The second kappa shape index (κ2) is 16.5. The first-order chi connectivity index (χ1) is 16.6. The van der Waals surface area contributed by atoms with Gasteiger partial charge in [0.1, 0.15) is 18.1 Å². The Bertz CT molecular complexity index is 752. The molecule has 9 N–H and O–H groups in total. The summed E-state index contributed by atoms with van der Waals surface area (Å²) in [5.41, 5.74) is 16.7. The lowest BCUT2D eigenvalue weighted by atomic mass is 10.1. The van der Waals surface area contributed by atoms with Crippen molar-refractivity contribution in [3.05, 3.63) is 0 Å². The van der Waals surface area contributed by atoms with Crippen molar-refractivity contribution < 1.29 is 24.3 Å². The summed E-state index contributed by atoms with van der Waals surface area (Å²) in [4.78, 5) is 55.8. The normalized spacial score (nSPS) is 17.8. The Hall–Kier alpha value is -2.19. The average molecular weight is 534 g/mol. The number of hydrogen-bond donors (Lipinski definition) is 6. The number of aliphatic imine (C=N–C) groups is 1. The van der Waals surface area contributed by atoms with E-state index in [1.807, 2.05) is 12.5 Å². The standard InChI is InChI=1S/C21H39N7O5S2/c1-34-11-7-13(22)17(29)26-14(8-12-35-2)18(30)27-15(5-3-9-25-21(23)24)19(31)28-10-4-6-16(28)20(32)33/h13-16H,3-12,22H2,1-2H3,(H,26,29)(H,27,30)(H,32,33)(H4,23,24,25). The second-order valence-corrected chi connectivity index (χ2v) is 10.2. The van der Waals surface area contributed by atoms with E-state index in [0.717, 1.165) is 0 Å². The zero-order valence-electron chi connectivity index (χ0n) is 20.4. The lowest BCUT2D eigenvalue weighted by Gasteiger charge is -2.29. The summed E-state index contributed by atoms with van der Waals surface area (Å²) in [5.74, 6) is -1.26. The fourth-order valence-corrected chi connectivity index (χ4v) is 4.64. The molecule has 1 saturated heterocycles. The van der Waals surface area contributed by atoms with Crippen LogP contribution in [-0.4, -0.2) is 101 Å². The van der Waals surface area contributed by atoms with Gasteiger partial charge in [-0.3, -0.25) is 19.4 Å². The molecule has 200 valence electrons. The SMILES string of the molecule is CSCCC(N)C(=O)NC(CCSC)C(=O)NC(CCCN=C(N)N)C(=O)N1CCCC1C(=O)O. The first-order valence-electron chi connectivity index (χ1n) is 11.5. The lowest BCUT2D eigenvalue weighted by Crippen LogP contribution is -2.57. The number of rotatable bonds is 16. The molecule has 1 aliphatic heterocycles. The van der Waals surface area contributed by atoms with Crippen LogP contribution in [0.1, 0.15) is 38.5 Å². The quantitative estimate of drug-likeness (QED) is 0.0803. The molecule has 0 aromatic rings. The van der Waals surface area contributed by atoms with E-state index in [0.29, 0.717) is 50.2 Å². The number of carboxylic acid groups (broad SMARTS) is 1. The largest absolute Gasteiger partial charge is 0.480 e. The maximum absolute atomic E-state index is 13.3. The molecule has 0 saturated carbocycles. The third kappa shape index (κ3) is 10.9. The molecule has 4 atom stereocenters. The van der Waals surface area contributed by atoms with Gasteiger partial charge in [0, 0.05) is 13.1 Å². The summed E-state index contributed by atoms with van der Waals surface area (Å²) in [6.07, 6.45) is 6.15. The van der Waals surface area contributed by atoms with E-state index in [1.165, 1.54) is 16.7 Å². The fourth-order valence-electron chi connectivity index (χ4n) is 3.68. The Morgan fingerprint density at radius 1 is 1.03 bits per heavy atom. The number of nitrogens with zero attached hydrogens (tertiary/aromatic N) is 2. The topological polar surface area (TPSA) is 206 Å². The summed E-state index contributed by atoms with van der Waals surface area (Å²) in [7, 11) is 0. The highest BCUT2D eigenvalue weighted by Gasteiger charge is 2.38. The first kappa shape index (κ1) is 30.8. The Kier molecular flexibility index (Phi) is 14.5. The molecule has 0 spiro atoms. The highest BCUT2D eigenvalue weighted by molar-refractivity contribution is 7.98. The van der Waals surface area contributed by atoms with Gasteiger partial charge in [0.25, 0.3) is 0 Å². The molecule has 0 aromatic carbocycles. The monoisotopic (exact) mass is 533 g/mol. The predicted octanol–water partition coefficient (Wildman–Crippen LogP) is -1.08. The van der Waals surface area contributed by atoms with E-state index < -0.39 is 47.9 Å². The zero-order valence-corrected chi connectivity index (χ0v) is 22.0. The van der Waals surface area contributed by atoms with Crippen LogP contribution in [0.4, 0.5) is 0 Å². The van der Waals surface area contributed by atoms with Gasteiger partial charge in [0.2, 0.25) is 17.7 Å². The van der Waals surface area contributed by atoms with Gasteiger partial charge in [-0.05, 0) is 62.5 Å². The number of guanidine groups is 1. The van der Waals surface area contributed by atoms with Crippen molar-refractivity contribution in [3.63, 3.8) is 0 Å². The highest BCUT2D eigenvalue weighted by atomic mass is 32.2. The van der Waals surface area contributed by atoms with Crippen molar-refractivity contribution in [2.75, 3.05) is 37.1 Å². The molecular weight excluding hydrogens is 494 g/mol. The zero-order chi connectivity index (χ0) is 26.4. The molecule has 0 aromatic heterocycles. The van der Waals surface area contributed by atoms with Gasteiger partial charge in [-0.15, -0.1) is 0 Å². The van der Waals surface area contributed by atoms with Crippen LogP contribution < -0.4 is 27.8 Å². The molecule has 1 fully saturated rings. The number of nitrogens with one attached hydrogen (secondary N) is 2. The maximum atomic E-state index is 13.3. The molecule has 14 heteroatoms. The van der Waals surface area contributed by atoms with Crippen molar-refractivity contribution in [3.8, 4) is 0 Å². The smallest absolute Gasteiger partial charge is 0.326 e. The summed E-state index contributed by atoms with van der Waals surface area (Å²) >= 11 is 3.09. The number of carboxylic acids is 1. The first-order valence-corrected chi connectivity index (χ1v) is 14.3. The van der Waals surface area contributed by atoms with Crippen LogP contribution in [0.15, 0.2) is 4.99 Å².